The SMILES string of the molecule is C=C(CO)C(=O)OCC(COC(O)C(=C)COC)c1ccc(-c2ccc(/C=C/c3ccc(C4CCC(CCCCC)CC4)cc3)cc2)c(CC)c1. The third-order valence-electron chi connectivity index (χ3n) is 10.2. The Labute approximate surface area is 305 Å². The van der Waals surface area contributed by atoms with Crippen LogP contribution in [0.1, 0.15) is 105 Å². The number of hydrogen-bond acceptors (Lipinski definition) is 6. The zero-order valence-corrected chi connectivity index (χ0v) is 30.9. The molecule has 0 aliphatic heterocycles. The molecule has 0 saturated heterocycles. The van der Waals surface area contributed by atoms with E-state index in [9.17, 15) is 15.0 Å². The van der Waals surface area contributed by atoms with E-state index in [0.717, 1.165) is 40.2 Å². The van der Waals surface area contributed by atoms with Gasteiger partial charge in [0.1, 0.15) is 6.61 Å². The highest BCUT2D eigenvalue weighted by Gasteiger charge is 2.23. The molecule has 2 atom stereocenters. The van der Waals surface area contributed by atoms with Crippen LogP contribution >= 0.6 is 0 Å². The summed E-state index contributed by atoms with van der Waals surface area (Å²) in [5, 5.41) is 19.7. The minimum atomic E-state index is -1.22. The zero-order chi connectivity index (χ0) is 36.6. The summed E-state index contributed by atoms with van der Waals surface area (Å²) in [5.41, 5.74) is 8.49. The number of aryl methyl sites for hydroxylation is 1. The van der Waals surface area contributed by atoms with Gasteiger partial charge in [-0.25, -0.2) is 4.79 Å². The van der Waals surface area contributed by atoms with Crippen molar-refractivity contribution in [2.24, 2.45) is 5.92 Å². The molecule has 6 nitrogen and oxygen atoms in total. The highest BCUT2D eigenvalue weighted by molar-refractivity contribution is 5.87. The first-order valence-corrected chi connectivity index (χ1v) is 18.7. The first-order valence-electron chi connectivity index (χ1n) is 18.7. The molecule has 0 aromatic heterocycles. The van der Waals surface area contributed by atoms with E-state index in [2.05, 4.69) is 99.8 Å². The Morgan fingerprint density at radius 1 is 0.902 bits per heavy atom. The lowest BCUT2D eigenvalue weighted by Gasteiger charge is -2.29. The summed E-state index contributed by atoms with van der Waals surface area (Å²) in [5.74, 6) is 0.592. The van der Waals surface area contributed by atoms with Crippen molar-refractivity contribution in [2.75, 3.05) is 33.5 Å². The van der Waals surface area contributed by atoms with E-state index in [1.165, 1.54) is 69.6 Å². The summed E-state index contributed by atoms with van der Waals surface area (Å²) in [6.45, 7) is 11.5. The van der Waals surface area contributed by atoms with Gasteiger partial charge in [0.15, 0.2) is 6.29 Å². The van der Waals surface area contributed by atoms with E-state index >= 15 is 0 Å². The molecule has 0 spiro atoms. The van der Waals surface area contributed by atoms with Gasteiger partial charge in [-0.3, -0.25) is 0 Å². The molecule has 0 radical (unpaired) electrons. The summed E-state index contributed by atoms with van der Waals surface area (Å²) in [6, 6.07) is 23.9. The number of aliphatic hydroxyl groups is 2. The fraction of sp³-hybridized carbons (Fsp3) is 0.444. The molecular formula is C45H58O6. The number of esters is 1. The largest absolute Gasteiger partial charge is 0.462 e. The number of unbranched alkanes of at least 4 members (excludes halogenated alkanes) is 2. The van der Waals surface area contributed by atoms with Crippen molar-refractivity contribution in [2.45, 2.75) is 89.8 Å². The van der Waals surface area contributed by atoms with Crippen LogP contribution in [0.3, 0.4) is 0 Å². The first-order chi connectivity index (χ1) is 24.8. The third-order valence-corrected chi connectivity index (χ3v) is 10.2. The second kappa shape index (κ2) is 20.9. The van der Waals surface area contributed by atoms with E-state index in [1.54, 1.807) is 0 Å². The third kappa shape index (κ3) is 12.1. The molecule has 1 saturated carbocycles. The van der Waals surface area contributed by atoms with E-state index < -0.39 is 18.9 Å². The summed E-state index contributed by atoms with van der Waals surface area (Å²) in [6.07, 6.45) is 14.8. The lowest BCUT2D eigenvalue weighted by molar-refractivity contribution is -0.141. The van der Waals surface area contributed by atoms with Gasteiger partial charge in [0.05, 0.1) is 25.4 Å². The molecule has 3 aromatic carbocycles. The van der Waals surface area contributed by atoms with Crippen LogP contribution in [0.25, 0.3) is 23.3 Å². The van der Waals surface area contributed by atoms with Crippen LogP contribution in [0.4, 0.5) is 0 Å². The van der Waals surface area contributed by atoms with Crippen LogP contribution in [-0.2, 0) is 25.4 Å². The van der Waals surface area contributed by atoms with Gasteiger partial charge in [-0.15, -0.1) is 0 Å². The smallest absolute Gasteiger partial charge is 0.335 e. The Hall–Kier alpha value is -3.81. The Morgan fingerprint density at radius 2 is 1.57 bits per heavy atom. The number of ether oxygens (including phenoxy) is 3. The molecule has 51 heavy (non-hydrogen) atoms. The van der Waals surface area contributed by atoms with Crippen LogP contribution in [0.15, 0.2) is 91.0 Å². The second-order valence-electron chi connectivity index (χ2n) is 13.9. The molecule has 0 heterocycles. The highest BCUT2D eigenvalue weighted by Crippen LogP contribution is 2.38. The number of hydrogen-bond donors (Lipinski definition) is 2. The standard InChI is InChI=1S/C45H58O6/c1-6-8-9-10-34-13-19-38(20-14-34)39-21-15-35(16-22-39)11-12-36-17-23-40(24-18-36)43-26-25-41(27-37(43)7-2)42(30-50-44(47)32(3)28-46)31-51-45(48)33(4)29-49-5/h11-12,15-18,21-27,34,38,42,45-46,48H,3-4,6-10,13-14,19-20,28-31H2,1-2,5H3/b12-11+. The van der Waals surface area contributed by atoms with E-state index in [0.29, 0.717) is 11.5 Å². The molecule has 2 N–H and O–H groups in total. The van der Waals surface area contributed by atoms with Crippen LogP contribution in [0, 0.1) is 5.92 Å². The Kier molecular flexibility index (Phi) is 16.4. The van der Waals surface area contributed by atoms with Crippen LogP contribution < -0.4 is 0 Å². The van der Waals surface area contributed by atoms with Crippen molar-refractivity contribution >= 4 is 18.1 Å². The molecule has 274 valence electrons. The fourth-order valence-corrected chi connectivity index (χ4v) is 6.92. The minimum absolute atomic E-state index is 0.00617. The predicted octanol–water partition coefficient (Wildman–Crippen LogP) is 9.65. The monoisotopic (exact) mass is 694 g/mol. The number of benzene rings is 3. The van der Waals surface area contributed by atoms with Gasteiger partial charge in [0, 0.05) is 18.6 Å². The molecule has 2 unspecified atom stereocenters. The fourth-order valence-electron chi connectivity index (χ4n) is 6.92. The summed E-state index contributed by atoms with van der Waals surface area (Å²) in [7, 11) is 1.52. The Morgan fingerprint density at radius 3 is 2.18 bits per heavy atom. The maximum Gasteiger partial charge on any atom is 0.335 e. The number of aliphatic hydroxyl groups excluding tert-OH is 2. The lowest BCUT2D eigenvalue weighted by atomic mass is 9.77. The molecular weight excluding hydrogens is 636 g/mol. The van der Waals surface area contributed by atoms with E-state index in [4.69, 9.17) is 14.2 Å². The van der Waals surface area contributed by atoms with Crippen molar-refractivity contribution in [3.63, 3.8) is 0 Å². The molecule has 1 aliphatic carbocycles. The van der Waals surface area contributed by atoms with E-state index in [1.807, 2.05) is 6.07 Å². The number of methoxy groups -OCH3 is 1. The van der Waals surface area contributed by atoms with Crippen LogP contribution in [-0.4, -0.2) is 56.0 Å². The van der Waals surface area contributed by atoms with Gasteiger partial charge in [-0.2, -0.15) is 0 Å². The zero-order valence-electron chi connectivity index (χ0n) is 30.9. The average molecular weight is 695 g/mol. The maximum absolute atomic E-state index is 12.3. The maximum atomic E-state index is 12.3. The summed E-state index contributed by atoms with van der Waals surface area (Å²) in [4.78, 5) is 12.3. The first kappa shape index (κ1) is 40.0. The van der Waals surface area contributed by atoms with Gasteiger partial charge in [0.25, 0.3) is 0 Å². The van der Waals surface area contributed by atoms with Crippen molar-refractivity contribution in [1.29, 1.82) is 0 Å². The van der Waals surface area contributed by atoms with Crippen molar-refractivity contribution < 1.29 is 29.2 Å². The summed E-state index contributed by atoms with van der Waals surface area (Å²) >= 11 is 0. The van der Waals surface area contributed by atoms with Crippen molar-refractivity contribution in [3.8, 4) is 11.1 Å². The number of carbonyl (C=O) groups is 1. The van der Waals surface area contributed by atoms with Crippen molar-refractivity contribution in [3.05, 3.63) is 119 Å². The average Bonchev–Trinajstić information content (AvgIpc) is 3.17. The minimum Gasteiger partial charge on any atom is -0.462 e. The summed E-state index contributed by atoms with van der Waals surface area (Å²) < 4.78 is 16.2. The Bertz CT molecular complexity index is 1560. The second-order valence-corrected chi connectivity index (χ2v) is 13.9. The van der Waals surface area contributed by atoms with Gasteiger partial charge < -0.3 is 24.4 Å². The van der Waals surface area contributed by atoms with E-state index in [-0.39, 0.29) is 31.3 Å². The molecule has 1 aliphatic rings. The highest BCUT2D eigenvalue weighted by atomic mass is 16.6. The van der Waals surface area contributed by atoms with Crippen molar-refractivity contribution in [1.82, 2.24) is 0 Å². The van der Waals surface area contributed by atoms with Gasteiger partial charge in [-0.1, -0.05) is 132 Å². The normalized spacial score (nSPS) is 17.3. The molecule has 0 amide bonds. The van der Waals surface area contributed by atoms with Gasteiger partial charge in [0.2, 0.25) is 0 Å². The lowest BCUT2D eigenvalue weighted by Crippen LogP contribution is -2.24. The quantitative estimate of drug-likeness (QED) is 0.0306. The topological polar surface area (TPSA) is 85.2 Å². The molecule has 6 heteroatoms. The molecule has 3 aromatic rings. The molecule has 4 rings (SSSR count). The van der Waals surface area contributed by atoms with Crippen LogP contribution in [0.5, 0.6) is 0 Å². The predicted molar refractivity (Wildman–Crippen MR) is 208 cm³/mol. The number of rotatable bonds is 20. The van der Waals surface area contributed by atoms with Gasteiger partial charge >= 0.3 is 5.97 Å². The molecule has 0 bridgehead atoms. The number of carbonyl (C=O) groups excluding carboxylic acids is 1. The van der Waals surface area contributed by atoms with Crippen LogP contribution in [0.2, 0.25) is 0 Å². The molecule has 1 fully saturated rings. The Balaban J connectivity index is 1.40. The van der Waals surface area contributed by atoms with Gasteiger partial charge in [-0.05, 0) is 82.9 Å².